The molecule has 1 rings (SSSR count). The summed E-state index contributed by atoms with van der Waals surface area (Å²) in [6.07, 6.45) is 4.99. The molecule has 0 spiro atoms. The topological polar surface area (TPSA) is 35.5 Å². The molecule has 0 saturated heterocycles. The second-order valence-corrected chi connectivity index (χ2v) is 3.66. The van der Waals surface area contributed by atoms with Gasteiger partial charge in [0.05, 0.1) is 7.11 Å². The van der Waals surface area contributed by atoms with Crippen molar-refractivity contribution in [1.29, 1.82) is 0 Å². The average molecular weight is 234 g/mol. The Balaban J connectivity index is 2.42. The Kier molecular flexibility index (Phi) is 5.86. The number of ether oxygens (including phenoxy) is 2. The van der Waals surface area contributed by atoms with E-state index >= 15 is 0 Å². The second kappa shape index (κ2) is 7.49. The van der Waals surface area contributed by atoms with E-state index < -0.39 is 0 Å². The van der Waals surface area contributed by atoms with Crippen LogP contribution in [0.25, 0.3) is 0 Å². The van der Waals surface area contributed by atoms with E-state index in [1.54, 1.807) is 19.2 Å². The quantitative estimate of drug-likeness (QED) is 0.314. The highest BCUT2D eigenvalue weighted by molar-refractivity contribution is 5.73. The maximum absolute atomic E-state index is 11.5. The summed E-state index contributed by atoms with van der Waals surface area (Å²) in [5.41, 5.74) is 0. The fourth-order valence-electron chi connectivity index (χ4n) is 1.43. The van der Waals surface area contributed by atoms with Crippen LogP contribution in [0.1, 0.15) is 25.7 Å². The zero-order valence-corrected chi connectivity index (χ0v) is 10.1. The van der Waals surface area contributed by atoms with Crippen molar-refractivity contribution in [1.82, 2.24) is 0 Å². The predicted molar refractivity (Wildman–Crippen MR) is 67.3 cm³/mol. The summed E-state index contributed by atoms with van der Waals surface area (Å²) in [6.45, 7) is 3.64. The molecule has 92 valence electrons. The van der Waals surface area contributed by atoms with Crippen LogP contribution in [0.2, 0.25) is 0 Å². The molecule has 1 aromatic carbocycles. The number of esters is 1. The van der Waals surface area contributed by atoms with Crippen LogP contribution >= 0.6 is 0 Å². The molecule has 0 heterocycles. The van der Waals surface area contributed by atoms with E-state index in [2.05, 4.69) is 6.58 Å². The number of benzene rings is 1. The van der Waals surface area contributed by atoms with Gasteiger partial charge >= 0.3 is 5.97 Å². The summed E-state index contributed by atoms with van der Waals surface area (Å²) in [5, 5.41) is 0. The highest BCUT2D eigenvalue weighted by atomic mass is 16.6. The van der Waals surface area contributed by atoms with Gasteiger partial charge in [-0.25, -0.2) is 0 Å². The van der Waals surface area contributed by atoms with Gasteiger partial charge in [0.25, 0.3) is 0 Å². The van der Waals surface area contributed by atoms with E-state index in [1.165, 1.54) is 0 Å². The van der Waals surface area contributed by atoms with Gasteiger partial charge in [-0.2, -0.15) is 0 Å². The minimum atomic E-state index is -0.224. The molecule has 0 amide bonds. The van der Waals surface area contributed by atoms with Crippen LogP contribution in [-0.2, 0) is 4.79 Å². The molecule has 3 heteroatoms. The zero-order chi connectivity index (χ0) is 12.5. The van der Waals surface area contributed by atoms with Gasteiger partial charge in [0.1, 0.15) is 0 Å². The van der Waals surface area contributed by atoms with Gasteiger partial charge in [0.2, 0.25) is 0 Å². The van der Waals surface area contributed by atoms with Gasteiger partial charge in [-0.15, -0.1) is 6.58 Å². The number of rotatable bonds is 7. The van der Waals surface area contributed by atoms with Gasteiger partial charge in [-0.05, 0) is 31.4 Å². The van der Waals surface area contributed by atoms with Crippen molar-refractivity contribution in [3.63, 3.8) is 0 Å². The molecule has 1 aromatic rings. The van der Waals surface area contributed by atoms with E-state index in [-0.39, 0.29) is 5.97 Å². The van der Waals surface area contributed by atoms with Gasteiger partial charge in [-0.1, -0.05) is 18.2 Å². The van der Waals surface area contributed by atoms with Gasteiger partial charge in [0, 0.05) is 6.42 Å². The summed E-state index contributed by atoms with van der Waals surface area (Å²) in [6, 6.07) is 7.13. The number of hydrogen-bond acceptors (Lipinski definition) is 3. The lowest BCUT2D eigenvalue weighted by Gasteiger charge is -2.08. The lowest BCUT2D eigenvalue weighted by Crippen LogP contribution is -2.08. The Morgan fingerprint density at radius 3 is 2.65 bits per heavy atom. The molecule has 0 N–H and O–H groups in total. The third-order valence-corrected chi connectivity index (χ3v) is 2.33. The molecular formula is C14H18O3. The number of carbonyl (C=O) groups excluding carboxylic acids is 1. The molecule has 0 aromatic heterocycles. The molecule has 0 atom stereocenters. The molecular weight excluding hydrogens is 216 g/mol. The third-order valence-electron chi connectivity index (χ3n) is 2.33. The molecule has 0 radical (unpaired) electrons. The minimum absolute atomic E-state index is 0.224. The zero-order valence-electron chi connectivity index (χ0n) is 10.1. The largest absolute Gasteiger partial charge is 0.493 e. The first-order valence-corrected chi connectivity index (χ1v) is 5.72. The predicted octanol–water partition coefficient (Wildman–Crippen LogP) is 3.35. The molecule has 0 fully saturated rings. The van der Waals surface area contributed by atoms with Crippen molar-refractivity contribution in [2.45, 2.75) is 25.7 Å². The summed E-state index contributed by atoms with van der Waals surface area (Å²) in [4.78, 5) is 11.5. The first-order chi connectivity index (χ1) is 8.27. The summed E-state index contributed by atoms with van der Waals surface area (Å²) >= 11 is 0. The van der Waals surface area contributed by atoms with Crippen LogP contribution in [0.15, 0.2) is 36.9 Å². The maximum Gasteiger partial charge on any atom is 0.311 e. The summed E-state index contributed by atoms with van der Waals surface area (Å²) < 4.78 is 10.3. The maximum atomic E-state index is 11.5. The van der Waals surface area contributed by atoms with Gasteiger partial charge in [-0.3, -0.25) is 4.79 Å². The SMILES string of the molecule is C=CCCCCC(=O)Oc1ccccc1OC. The molecule has 0 bridgehead atoms. The number of allylic oxidation sites excluding steroid dienone is 1. The number of carbonyl (C=O) groups is 1. The number of methoxy groups -OCH3 is 1. The van der Waals surface area contributed by atoms with Crippen LogP contribution in [0.5, 0.6) is 11.5 Å². The van der Waals surface area contributed by atoms with E-state index in [9.17, 15) is 4.79 Å². The highest BCUT2D eigenvalue weighted by Crippen LogP contribution is 2.26. The van der Waals surface area contributed by atoms with Crippen LogP contribution in [0.3, 0.4) is 0 Å². The van der Waals surface area contributed by atoms with E-state index in [4.69, 9.17) is 9.47 Å². The minimum Gasteiger partial charge on any atom is -0.493 e. The monoisotopic (exact) mass is 234 g/mol. The standard InChI is InChI=1S/C14H18O3/c1-3-4-5-6-11-14(15)17-13-10-8-7-9-12(13)16-2/h3,7-10H,1,4-6,11H2,2H3. The molecule has 17 heavy (non-hydrogen) atoms. The number of unbranched alkanes of at least 4 members (excludes halogenated alkanes) is 2. The van der Waals surface area contributed by atoms with E-state index in [0.29, 0.717) is 17.9 Å². The first kappa shape index (κ1) is 13.3. The summed E-state index contributed by atoms with van der Waals surface area (Å²) in [5.74, 6) is 0.828. The lowest BCUT2D eigenvalue weighted by molar-refractivity contribution is -0.134. The van der Waals surface area contributed by atoms with Crippen molar-refractivity contribution in [3.05, 3.63) is 36.9 Å². The normalized spacial score (nSPS) is 9.71. The Morgan fingerprint density at radius 2 is 2.00 bits per heavy atom. The van der Waals surface area contributed by atoms with Crippen molar-refractivity contribution < 1.29 is 14.3 Å². The molecule has 0 aliphatic rings. The molecule has 3 nitrogen and oxygen atoms in total. The van der Waals surface area contributed by atoms with Crippen LogP contribution < -0.4 is 9.47 Å². The lowest BCUT2D eigenvalue weighted by atomic mass is 10.2. The Bertz CT molecular complexity index is 371. The third kappa shape index (κ3) is 4.72. The van der Waals surface area contributed by atoms with Crippen LogP contribution in [-0.4, -0.2) is 13.1 Å². The molecule has 0 unspecified atom stereocenters. The van der Waals surface area contributed by atoms with Crippen molar-refractivity contribution >= 4 is 5.97 Å². The van der Waals surface area contributed by atoms with Gasteiger partial charge < -0.3 is 9.47 Å². The fraction of sp³-hybridized carbons (Fsp3) is 0.357. The Labute approximate surface area is 102 Å². The molecule has 0 saturated carbocycles. The Morgan fingerprint density at radius 1 is 1.29 bits per heavy atom. The summed E-state index contributed by atoms with van der Waals surface area (Å²) in [7, 11) is 1.55. The smallest absolute Gasteiger partial charge is 0.311 e. The van der Waals surface area contributed by atoms with Crippen molar-refractivity contribution in [2.75, 3.05) is 7.11 Å². The van der Waals surface area contributed by atoms with Crippen molar-refractivity contribution in [3.8, 4) is 11.5 Å². The first-order valence-electron chi connectivity index (χ1n) is 5.72. The van der Waals surface area contributed by atoms with Crippen molar-refractivity contribution in [2.24, 2.45) is 0 Å². The Hall–Kier alpha value is -1.77. The number of para-hydroxylation sites is 2. The second-order valence-electron chi connectivity index (χ2n) is 3.66. The molecule has 0 aliphatic heterocycles. The van der Waals surface area contributed by atoms with E-state index in [1.807, 2.05) is 18.2 Å². The molecule has 0 aliphatic carbocycles. The van der Waals surface area contributed by atoms with Crippen LogP contribution in [0.4, 0.5) is 0 Å². The number of hydrogen-bond donors (Lipinski definition) is 0. The van der Waals surface area contributed by atoms with E-state index in [0.717, 1.165) is 19.3 Å². The fourth-order valence-corrected chi connectivity index (χ4v) is 1.43. The van der Waals surface area contributed by atoms with Crippen LogP contribution in [0, 0.1) is 0 Å². The van der Waals surface area contributed by atoms with Gasteiger partial charge in [0.15, 0.2) is 11.5 Å². The highest BCUT2D eigenvalue weighted by Gasteiger charge is 2.08. The average Bonchev–Trinajstić information content (AvgIpc) is 2.35.